The number of carboxylic acids is 1. The van der Waals surface area contributed by atoms with E-state index in [1.807, 2.05) is 104 Å². The highest BCUT2D eigenvalue weighted by molar-refractivity contribution is 7.98. The molecule has 0 aliphatic rings. The average Bonchev–Trinajstić information content (AvgIpc) is 3.38. The molecular formula is C33H29NO6S. The lowest BCUT2D eigenvalue weighted by molar-refractivity contribution is -0.139. The number of ether oxygens (including phenoxy) is 3. The molecule has 0 saturated carbocycles. The number of nitrogens with zero attached hydrogens (tertiary/aromatic N) is 1. The lowest BCUT2D eigenvalue weighted by atomic mass is 10.2. The Labute approximate surface area is 242 Å². The van der Waals surface area contributed by atoms with Crippen LogP contribution < -0.4 is 14.2 Å². The van der Waals surface area contributed by atoms with Gasteiger partial charge in [-0.1, -0.05) is 48.5 Å². The number of rotatable bonds is 13. The zero-order chi connectivity index (χ0) is 28.4. The predicted molar refractivity (Wildman–Crippen MR) is 157 cm³/mol. The lowest BCUT2D eigenvalue weighted by Gasteiger charge is -2.13. The molecule has 5 aromatic rings. The second kappa shape index (κ2) is 13.6. The van der Waals surface area contributed by atoms with Gasteiger partial charge in [-0.25, -0.2) is 9.78 Å². The Morgan fingerprint density at radius 1 is 0.829 bits per heavy atom. The standard InChI is InChI=1S/C33H29NO6S/c1-23-30(34-33(40-23)25-12-14-28(15-13-25)37-19-24-8-4-2-5-9-24)22-41-29-16-17-31(39-21-32(35)36)26(18-29)20-38-27-10-6-3-7-11-27/h2-18H,19-22H2,1H3,(H,35,36). The van der Waals surface area contributed by atoms with Crippen molar-refractivity contribution >= 4 is 17.7 Å². The van der Waals surface area contributed by atoms with Crippen LogP contribution in [0.4, 0.5) is 0 Å². The van der Waals surface area contributed by atoms with Crippen molar-refractivity contribution in [3.05, 3.63) is 126 Å². The first kappa shape index (κ1) is 27.9. The van der Waals surface area contributed by atoms with Gasteiger partial charge in [0.25, 0.3) is 0 Å². The maximum Gasteiger partial charge on any atom is 0.341 e. The van der Waals surface area contributed by atoms with E-state index in [-0.39, 0.29) is 6.61 Å². The minimum atomic E-state index is -1.04. The van der Waals surface area contributed by atoms with Gasteiger partial charge in [-0.3, -0.25) is 0 Å². The van der Waals surface area contributed by atoms with E-state index in [1.165, 1.54) is 0 Å². The second-order valence-corrected chi connectivity index (χ2v) is 10.2. The summed E-state index contributed by atoms with van der Waals surface area (Å²) >= 11 is 1.60. The molecule has 8 heteroatoms. The molecule has 0 amide bonds. The van der Waals surface area contributed by atoms with Crippen molar-refractivity contribution in [2.75, 3.05) is 6.61 Å². The van der Waals surface area contributed by atoms with Gasteiger partial charge in [0, 0.05) is 21.8 Å². The summed E-state index contributed by atoms with van der Waals surface area (Å²) < 4.78 is 23.3. The van der Waals surface area contributed by atoms with Gasteiger partial charge in [-0.2, -0.15) is 0 Å². The van der Waals surface area contributed by atoms with Crippen LogP contribution in [-0.4, -0.2) is 22.7 Å². The number of hydrogen-bond acceptors (Lipinski definition) is 7. The molecule has 1 heterocycles. The number of thioether (sulfide) groups is 1. The first-order valence-corrected chi connectivity index (χ1v) is 14.0. The number of aliphatic carboxylic acids is 1. The summed E-state index contributed by atoms with van der Waals surface area (Å²) in [5.74, 6) is 2.85. The van der Waals surface area contributed by atoms with Gasteiger partial charge in [-0.15, -0.1) is 11.8 Å². The van der Waals surface area contributed by atoms with E-state index in [2.05, 4.69) is 0 Å². The molecular weight excluding hydrogens is 538 g/mol. The maximum absolute atomic E-state index is 11.0. The third kappa shape index (κ3) is 7.93. The summed E-state index contributed by atoms with van der Waals surface area (Å²) in [7, 11) is 0. The highest BCUT2D eigenvalue weighted by atomic mass is 32.2. The van der Waals surface area contributed by atoms with E-state index in [0.29, 0.717) is 24.0 Å². The molecule has 0 aliphatic carbocycles. The Kier molecular flexibility index (Phi) is 9.23. The Morgan fingerprint density at radius 3 is 2.24 bits per heavy atom. The van der Waals surface area contributed by atoms with Gasteiger partial charge < -0.3 is 23.7 Å². The molecule has 0 fully saturated rings. The molecule has 0 bridgehead atoms. The molecule has 41 heavy (non-hydrogen) atoms. The van der Waals surface area contributed by atoms with Crippen LogP contribution in [0.2, 0.25) is 0 Å². The topological polar surface area (TPSA) is 91.0 Å². The SMILES string of the molecule is Cc1oc(-c2ccc(OCc3ccccc3)cc2)nc1CSc1ccc(OCC(=O)O)c(COc2ccccc2)c1. The summed E-state index contributed by atoms with van der Waals surface area (Å²) in [4.78, 5) is 16.8. The first-order valence-electron chi connectivity index (χ1n) is 13.0. The van der Waals surface area contributed by atoms with Gasteiger partial charge in [0.15, 0.2) is 6.61 Å². The van der Waals surface area contributed by atoms with Crippen LogP contribution in [0.25, 0.3) is 11.5 Å². The van der Waals surface area contributed by atoms with Crippen LogP contribution in [0.3, 0.4) is 0 Å². The maximum atomic E-state index is 11.0. The van der Waals surface area contributed by atoms with Crippen LogP contribution in [-0.2, 0) is 23.8 Å². The summed E-state index contributed by atoms with van der Waals surface area (Å²) in [5.41, 5.74) is 3.59. The van der Waals surface area contributed by atoms with Crippen molar-refractivity contribution in [1.82, 2.24) is 4.98 Å². The third-order valence-corrected chi connectivity index (χ3v) is 7.14. The molecule has 0 saturated heterocycles. The van der Waals surface area contributed by atoms with E-state index in [4.69, 9.17) is 28.7 Å². The fourth-order valence-corrected chi connectivity index (χ4v) is 4.95. The minimum Gasteiger partial charge on any atom is -0.489 e. The number of carboxylic acid groups (broad SMARTS) is 1. The zero-order valence-electron chi connectivity index (χ0n) is 22.5. The van der Waals surface area contributed by atoms with Crippen molar-refractivity contribution in [1.29, 1.82) is 0 Å². The van der Waals surface area contributed by atoms with E-state index in [0.717, 1.165) is 44.5 Å². The second-order valence-electron chi connectivity index (χ2n) is 9.16. The molecule has 0 radical (unpaired) electrons. The van der Waals surface area contributed by atoms with E-state index >= 15 is 0 Å². The fraction of sp³-hybridized carbons (Fsp3) is 0.152. The van der Waals surface area contributed by atoms with Gasteiger partial charge in [0.1, 0.15) is 36.2 Å². The van der Waals surface area contributed by atoms with Crippen LogP contribution in [0.1, 0.15) is 22.6 Å². The third-order valence-electron chi connectivity index (χ3n) is 6.14. The van der Waals surface area contributed by atoms with Crippen LogP contribution in [0.5, 0.6) is 17.2 Å². The first-order chi connectivity index (χ1) is 20.0. The quantitative estimate of drug-likeness (QED) is 0.146. The Morgan fingerprint density at radius 2 is 1.51 bits per heavy atom. The van der Waals surface area contributed by atoms with Gasteiger partial charge in [-0.05, 0) is 67.1 Å². The molecule has 0 aliphatic heterocycles. The molecule has 0 spiro atoms. The summed E-state index contributed by atoms with van der Waals surface area (Å²) in [6.07, 6.45) is 0. The average molecular weight is 568 g/mol. The largest absolute Gasteiger partial charge is 0.489 e. The predicted octanol–water partition coefficient (Wildman–Crippen LogP) is 7.56. The summed E-state index contributed by atoms with van der Waals surface area (Å²) in [5, 5.41) is 9.05. The molecule has 0 unspecified atom stereocenters. The Hall–Kier alpha value is -4.69. The minimum absolute atomic E-state index is 0.242. The van der Waals surface area contributed by atoms with Crippen molar-refractivity contribution in [3.63, 3.8) is 0 Å². The molecule has 1 N–H and O–H groups in total. The van der Waals surface area contributed by atoms with Crippen LogP contribution >= 0.6 is 11.8 Å². The summed E-state index contributed by atoms with van der Waals surface area (Å²) in [6.45, 7) is 2.23. The van der Waals surface area contributed by atoms with Gasteiger partial charge >= 0.3 is 5.97 Å². The van der Waals surface area contributed by atoms with Gasteiger partial charge in [0.2, 0.25) is 5.89 Å². The van der Waals surface area contributed by atoms with Crippen molar-refractivity contribution in [3.8, 4) is 28.7 Å². The highest BCUT2D eigenvalue weighted by Crippen LogP contribution is 2.32. The molecule has 4 aromatic carbocycles. The Bertz CT molecular complexity index is 1570. The monoisotopic (exact) mass is 567 g/mol. The number of aryl methyl sites for hydroxylation is 1. The smallest absolute Gasteiger partial charge is 0.341 e. The number of oxazole rings is 1. The number of carbonyl (C=O) groups is 1. The molecule has 0 atom stereocenters. The van der Waals surface area contributed by atoms with E-state index in [1.54, 1.807) is 17.8 Å². The van der Waals surface area contributed by atoms with Crippen LogP contribution in [0.15, 0.2) is 112 Å². The normalized spacial score (nSPS) is 10.8. The fourth-order valence-electron chi connectivity index (χ4n) is 3.99. The number of benzene rings is 4. The summed E-state index contributed by atoms with van der Waals surface area (Å²) in [6, 6.07) is 32.8. The lowest BCUT2D eigenvalue weighted by Crippen LogP contribution is -2.11. The number of para-hydroxylation sites is 1. The molecule has 7 nitrogen and oxygen atoms in total. The molecule has 1 aromatic heterocycles. The van der Waals surface area contributed by atoms with E-state index in [9.17, 15) is 4.79 Å². The van der Waals surface area contributed by atoms with Crippen molar-refractivity contribution in [2.24, 2.45) is 0 Å². The van der Waals surface area contributed by atoms with Crippen LogP contribution in [0, 0.1) is 6.92 Å². The molecule has 208 valence electrons. The highest BCUT2D eigenvalue weighted by Gasteiger charge is 2.14. The van der Waals surface area contributed by atoms with Crippen molar-refractivity contribution < 1.29 is 28.5 Å². The number of hydrogen-bond donors (Lipinski definition) is 1. The van der Waals surface area contributed by atoms with Gasteiger partial charge in [0.05, 0.1) is 5.69 Å². The molecule has 5 rings (SSSR count). The Balaban J connectivity index is 1.23. The van der Waals surface area contributed by atoms with E-state index < -0.39 is 12.6 Å². The number of aromatic nitrogens is 1. The zero-order valence-corrected chi connectivity index (χ0v) is 23.3. The van der Waals surface area contributed by atoms with Crippen molar-refractivity contribution in [2.45, 2.75) is 30.8 Å².